The zero-order valence-corrected chi connectivity index (χ0v) is 12.2. The van der Waals surface area contributed by atoms with Crippen molar-refractivity contribution in [3.63, 3.8) is 0 Å². The Kier molecular flexibility index (Phi) is 4.75. The van der Waals surface area contributed by atoms with Gasteiger partial charge in [-0.3, -0.25) is 9.69 Å². The minimum Gasteiger partial charge on any atom is -0.336 e. The van der Waals surface area contributed by atoms with Gasteiger partial charge in [-0.1, -0.05) is 19.9 Å². The lowest BCUT2D eigenvalue weighted by molar-refractivity contribution is 0.0624. The van der Waals surface area contributed by atoms with E-state index in [1.165, 1.54) is 0 Å². The number of rotatable bonds is 3. The first kappa shape index (κ1) is 14.5. The average Bonchev–Trinajstić information content (AvgIpc) is 2.47. The van der Waals surface area contributed by atoms with Crippen molar-refractivity contribution in [3.05, 3.63) is 35.4 Å². The number of benzene rings is 1. The highest BCUT2D eigenvalue weighted by Gasteiger charge is 2.22. The van der Waals surface area contributed by atoms with Crippen LogP contribution >= 0.6 is 0 Å². The van der Waals surface area contributed by atoms with E-state index in [2.05, 4.69) is 24.8 Å². The van der Waals surface area contributed by atoms with Gasteiger partial charge in [-0.05, 0) is 24.1 Å². The molecular weight excluding hydrogens is 250 g/mol. The zero-order valence-electron chi connectivity index (χ0n) is 12.2. The highest BCUT2D eigenvalue weighted by molar-refractivity contribution is 5.94. The third-order valence-electron chi connectivity index (χ3n) is 3.52. The molecule has 0 radical (unpaired) electrons. The van der Waals surface area contributed by atoms with Gasteiger partial charge in [0.05, 0.1) is 11.6 Å². The van der Waals surface area contributed by atoms with E-state index in [1.807, 2.05) is 4.90 Å². The summed E-state index contributed by atoms with van der Waals surface area (Å²) in [4.78, 5) is 16.7. The molecule has 1 heterocycles. The van der Waals surface area contributed by atoms with E-state index in [1.54, 1.807) is 24.3 Å². The fourth-order valence-electron chi connectivity index (χ4n) is 2.55. The summed E-state index contributed by atoms with van der Waals surface area (Å²) in [5.74, 6) is 0.691. The molecule has 1 amide bonds. The largest absolute Gasteiger partial charge is 0.336 e. The molecule has 1 aromatic carbocycles. The first-order valence-corrected chi connectivity index (χ1v) is 7.12. The number of hydrogen-bond acceptors (Lipinski definition) is 3. The Morgan fingerprint density at radius 2 is 2.00 bits per heavy atom. The summed E-state index contributed by atoms with van der Waals surface area (Å²) < 4.78 is 0. The Hall–Kier alpha value is -1.86. The quantitative estimate of drug-likeness (QED) is 0.844. The van der Waals surface area contributed by atoms with E-state index in [4.69, 9.17) is 5.26 Å². The van der Waals surface area contributed by atoms with Crippen LogP contribution in [0.2, 0.25) is 0 Å². The van der Waals surface area contributed by atoms with Crippen LogP contribution in [0.1, 0.15) is 29.8 Å². The van der Waals surface area contributed by atoms with Crippen LogP contribution in [0.5, 0.6) is 0 Å². The van der Waals surface area contributed by atoms with E-state index in [-0.39, 0.29) is 5.91 Å². The van der Waals surface area contributed by atoms with Crippen LogP contribution in [0.3, 0.4) is 0 Å². The summed E-state index contributed by atoms with van der Waals surface area (Å²) in [5, 5.41) is 8.89. The number of piperazine rings is 1. The van der Waals surface area contributed by atoms with Gasteiger partial charge in [-0.15, -0.1) is 0 Å². The normalized spacial score (nSPS) is 16.2. The van der Waals surface area contributed by atoms with E-state index in [9.17, 15) is 4.79 Å². The molecule has 0 spiro atoms. The zero-order chi connectivity index (χ0) is 14.5. The Morgan fingerprint density at radius 1 is 1.30 bits per heavy atom. The van der Waals surface area contributed by atoms with Gasteiger partial charge in [0.25, 0.3) is 5.91 Å². The van der Waals surface area contributed by atoms with Gasteiger partial charge in [0.2, 0.25) is 0 Å². The van der Waals surface area contributed by atoms with Crippen molar-refractivity contribution in [2.45, 2.75) is 13.8 Å². The lowest BCUT2D eigenvalue weighted by Crippen LogP contribution is -2.49. The summed E-state index contributed by atoms with van der Waals surface area (Å²) in [7, 11) is 0. The van der Waals surface area contributed by atoms with Crippen molar-refractivity contribution >= 4 is 5.91 Å². The summed E-state index contributed by atoms with van der Waals surface area (Å²) in [6.07, 6.45) is 0. The number of amides is 1. The van der Waals surface area contributed by atoms with Crippen LogP contribution in [-0.2, 0) is 0 Å². The van der Waals surface area contributed by atoms with Gasteiger partial charge in [0.15, 0.2) is 0 Å². The minimum absolute atomic E-state index is 0.0336. The van der Waals surface area contributed by atoms with Gasteiger partial charge in [0, 0.05) is 38.3 Å². The maximum Gasteiger partial charge on any atom is 0.253 e. The molecule has 4 nitrogen and oxygen atoms in total. The molecule has 1 aliphatic rings. The van der Waals surface area contributed by atoms with Crippen LogP contribution < -0.4 is 0 Å². The predicted molar refractivity (Wildman–Crippen MR) is 78.3 cm³/mol. The molecule has 106 valence electrons. The van der Waals surface area contributed by atoms with Gasteiger partial charge in [0.1, 0.15) is 0 Å². The molecule has 2 rings (SSSR count). The average molecular weight is 271 g/mol. The van der Waals surface area contributed by atoms with E-state index in [0.29, 0.717) is 17.0 Å². The first-order chi connectivity index (χ1) is 9.60. The van der Waals surface area contributed by atoms with Crippen molar-refractivity contribution < 1.29 is 4.79 Å². The number of nitrogens with zero attached hydrogens (tertiary/aromatic N) is 3. The number of nitriles is 1. The predicted octanol–water partition coefficient (Wildman–Crippen LogP) is 1.97. The van der Waals surface area contributed by atoms with Gasteiger partial charge in [-0.25, -0.2) is 0 Å². The summed E-state index contributed by atoms with van der Waals surface area (Å²) in [6, 6.07) is 9.01. The molecule has 0 aromatic heterocycles. The van der Waals surface area contributed by atoms with Gasteiger partial charge >= 0.3 is 0 Å². The minimum atomic E-state index is 0.0336. The molecule has 0 atom stereocenters. The topological polar surface area (TPSA) is 47.3 Å². The van der Waals surface area contributed by atoms with Crippen LogP contribution in [0, 0.1) is 17.2 Å². The third-order valence-corrected chi connectivity index (χ3v) is 3.52. The van der Waals surface area contributed by atoms with Gasteiger partial charge < -0.3 is 4.90 Å². The van der Waals surface area contributed by atoms with Crippen molar-refractivity contribution in [2.24, 2.45) is 5.92 Å². The second kappa shape index (κ2) is 6.53. The van der Waals surface area contributed by atoms with Gasteiger partial charge in [-0.2, -0.15) is 5.26 Å². The Balaban J connectivity index is 1.96. The summed E-state index contributed by atoms with van der Waals surface area (Å²) in [6.45, 7) is 8.91. The van der Waals surface area contributed by atoms with Crippen molar-refractivity contribution in [1.29, 1.82) is 5.26 Å². The van der Waals surface area contributed by atoms with Crippen LogP contribution in [-0.4, -0.2) is 48.4 Å². The molecule has 0 unspecified atom stereocenters. The molecule has 0 aliphatic carbocycles. The maximum atomic E-state index is 12.4. The Morgan fingerprint density at radius 3 is 2.60 bits per heavy atom. The Bertz CT molecular complexity index is 511. The summed E-state index contributed by atoms with van der Waals surface area (Å²) >= 11 is 0. The van der Waals surface area contributed by atoms with Crippen molar-refractivity contribution in [1.82, 2.24) is 9.80 Å². The number of hydrogen-bond donors (Lipinski definition) is 0. The van der Waals surface area contributed by atoms with E-state index < -0.39 is 0 Å². The lowest BCUT2D eigenvalue weighted by atomic mass is 10.1. The molecule has 0 bridgehead atoms. The lowest BCUT2D eigenvalue weighted by Gasteiger charge is -2.35. The monoisotopic (exact) mass is 271 g/mol. The molecule has 0 saturated carbocycles. The second-order valence-electron chi connectivity index (χ2n) is 5.68. The molecule has 0 N–H and O–H groups in total. The summed E-state index contributed by atoms with van der Waals surface area (Å²) in [5.41, 5.74) is 1.15. The Labute approximate surface area is 120 Å². The smallest absolute Gasteiger partial charge is 0.253 e. The van der Waals surface area contributed by atoms with Crippen molar-refractivity contribution in [2.75, 3.05) is 32.7 Å². The SMILES string of the molecule is CC(C)CN1CCN(C(=O)c2cccc(C#N)c2)CC1. The second-order valence-corrected chi connectivity index (χ2v) is 5.68. The highest BCUT2D eigenvalue weighted by Crippen LogP contribution is 2.11. The third kappa shape index (κ3) is 3.58. The number of carbonyl (C=O) groups excluding carboxylic acids is 1. The van der Waals surface area contributed by atoms with Crippen LogP contribution in [0.4, 0.5) is 0 Å². The van der Waals surface area contributed by atoms with Crippen LogP contribution in [0.25, 0.3) is 0 Å². The fraction of sp³-hybridized carbons (Fsp3) is 0.500. The molecule has 1 aliphatic heterocycles. The fourth-order valence-corrected chi connectivity index (χ4v) is 2.55. The molecule has 1 fully saturated rings. The standard InChI is InChI=1S/C16H21N3O/c1-13(2)12-18-6-8-19(9-7-18)16(20)15-5-3-4-14(10-15)11-17/h3-5,10,13H,6-9,12H2,1-2H3. The number of carbonyl (C=O) groups is 1. The molecule has 1 aromatic rings. The maximum absolute atomic E-state index is 12.4. The first-order valence-electron chi connectivity index (χ1n) is 7.12. The molecule has 1 saturated heterocycles. The molecule has 20 heavy (non-hydrogen) atoms. The van der Waals surface area contributed by atoms with Crippen LogP contribution in [0.15, 0.2) is 24.3 Å². The van der Waals surface area contributed by atoms with Crippen molar-refractivity contribution in [3.8, 4) is 6.07 Å². The van der Waals surface area contributed by atoms with E-state index in [0.717, 1.165) is 32.7 Å². The highest BCUT2D eigenvalue weighted by atomic mass is 16.2. The molecular formula is C16H21N3O. The van der Waals surface area contributed by atoms with E-state index >= 15 is 0 Å². The molecule has 4 heteroatoms.